The molecule has 0 N–H and O–H groups in total. The van der Waals surface area contributed by atoms with E-state index in [9.17, 15) is 19.2 Å². The molecule has 0 unspecified atom stereocenters. The van der Waals surface area contributed by atoms with E-state index in [0.29, 0.717) is 11.1 Å². The van der Waals surface area contributed by atoms with E-state index in [-0.39, 0.29) is 35.1 Å². The number of likely N-dealkylation sites (tertiary alicyclic amines) is 2. The van der Waals surface area contributed by atoms with E-state index in [1.807, 2.05) is 61.8 Å². The Balaban J connectivity index is 0.000000220. The molecular formula is C32H40Cl2N2O4. The lowest BCUT2D eigenvalue weighted by molar-refractivity contribution is -0.135. The first-order valence-electron chi connectivity index (χ1n) is 13.9. The van der Waals surface area contributed by atoms with Gasteiger partial charge in [-0.3, -0.25) is 19.2 Å². The van der Waals surface area contributed by atoms with Crippen molar-refractivity contribution in [2.24, 2.45) is 0 Å². The third kappa shape index (κ3) is 7.32. The van der Waals surface area contributed by atoms with Crippen molar-refractivity contribution in [1.29, 1.82) is 0 Å². The van der Waals surface area contributed by atoms with Crippen LogP contribution in [0, 0.1) is 0 Å². The zero-order chi connectivity index (χ0) is 29.5. The fourth-order valence-corrected chi connectivity index (χ4v) is 5.49. The van der Waals surface area contributed by atoms with Crippen molar-refractivity contribution in [3.8, 4) is 0 Å². The summed E-state index contributed by atoms with van der Waals surface area (Å²) < 4.78 is 0. The summed E-state index contributed by atoms with van der Waals surface area (Å²) in [7, 11) is 0. The number of benzene rings is 2. The van der Waals surface area contributed by atoms with Crippen molar-refractivity contribution >= 4 is 46.6 Å². The van der Waals surface area contributed by atoms with Crippen molar-refractivity contribution in [2.75, 3.05) is 37.9 Å². The molecule has 2 aliphatic rings. The van der Waals surface area contributed by atoms with Crippen LogP contribution in [0.3, 0.4) is 0 Å². The predicted octanol–water partition coefficient (Wildman–Crippen LogP) is 6.02. The van der Waals surface area contributed by atoms with E-state index in [4.69, 9.17) is 23.2 Å². The molecule has 2 saturated heterocycles. The van der Waals surface area contributed by atoms with Crippen LogP contribution < -0.4 is 0 Å². The quantitative estimate of drug-likeness (QED) is 0.280. The zero-order valence-corrected chi connectivity index (χ0v) is 25.5. The molecule has 2 heterocycles. The van der Waals surface area contributed by atoms with Crippen LogP contribution in [0.1, 0.15) is 85.2 Å². The monoisotopic (exact) mass is 586 g/mol. The highest BCUT2D eigenvalue weighted by molar-refractivity contribution is 6.30. The van der Waals surface area contributed by atoms with Gasteiger partial charge in [-0.2, -0.15) is 0 Å². The number of Topliss-reactive ketones (excluding diaryl/α,β-unsaturated/α-hetero) is 2. The van der Waals surface area contributed by atoms with Crippen LogP contribution in [0.5, 0.6) is 0 Å². The third-order valence-electron chi connectivity index (χ3n) is 7.96. The van der Waals surface area contributed by atoms with Crippen LogP contribution >= 0.6 is 23.2 Å². The van der Waals surface area contributed by atoms with Crippen LogP contribution in [0.4, 0.5) is 0 Å². The lowest BCUT2D eigenvalue weighted by Crippen LogP contribution is -2.41. The summed E-state index contributed by atoms with van der Waals surface area (Å²) in [5, 5.41) is 0. The number of hydrogen-bond acceptors (Lipinski definition) is 4. The molecule has 0 saturated carbocycles. The van der Waals surface area contributed by atoms with Gasteiger partial charge in [-0.25, -0.2) is 0 Å². The Bertz CT molecular complexity index is 1100. The van der Waals surface area contributed by atoms with Gasteiger partial charge < -0.3 is 9.80 Å². The highest BCUT2D eigenvalue weighted by Gasteiger charge is 2.36. The maximum absolute atomic E-state index is 12.6. The fraction of sp³-hybridized carbons (Fsp3) is 0.500. The van der Waals surface area contributed by atoms with Gasteiger partial charge in [0.15, 0.2) is 11.6 Å². The lowest BCUT2D eigenvalue weighted by Gasteiger charge is -2.29. The SMILES string of the molecule is CC(C)(C(=O)N1CCCC1)c1ccc(C(=O)CCl)cc1.CC(C)(C(=O)N1CCCC1)c1ccc(C(=O)CCl)cc1. The number of halogens is 2. The molecule has 0 bridgehead atoms. The molecule has 0 atom stereocenters. The Morgan fingerprint density at radius 3 is 1.10 bits per heavy atom. The Hall–Kier alpha value is -2.70. The topological polar surface area (TPSA) is 74.8 Å². The first-order valence-corrected chi connectivity index (χ1v) is 15.0. The van der Waals surface area contributed by atoms with Crippen LogP contribution in [0.25, 0.3) is 0 Å². The van der Waals surface area contributed by atoms with Gasteiger partial charge in [0.05, 0.1) is 22.6 Å². The predicted molar refractivity (Wildman–Crippen MR) is 161 cm³/mol. The smallest absolute Gasteiger partial charge is 0.232 e. The normalized spacial score (nSPS) is 15.4. The highest BCUT2D eigenvalue weighted by atomic mass is 35.5. The van der Waals surface area contributed by atoms with E-state index in [0.717, 1.165) is 63.0 Å². The fourth-order valence-electron chi connectivity index (χ4n) is 5.18. The Labute approximate surface area is 248 Å². The summed E-state index contributed by atoms with van der Waals surface area (Å²) in [5.74, 6) is 0.0897. The number of rotatable bonds is 8. The molecule has 0 aliphatic carbocycles. The van der Waals surface area contributed by atoms with Gasteiger partial charge in [-0.15, -0.1) is 23.2 Å². The molecule has 6 nitrogen and oxygen atoms in total. The van der Waals surface area contributed by atoms with Crippen LogP contribution in [0.15, 0.2) is 48.5 Å². The van der Waals surface area contributed by atoms with Gasteiger partial charge >= 0.3 is 0 Å². The molecule has 2 aromatic carbocycles. The van der Waals surface area contributed by atoms with E-state index in [2.05, 4.69) is 0 Å². The Kier molecular flexibility index (Phi) is 11.0. The number of carbonyl (C=O) groups is 4. The van der Waals surface area contributed by atoms with Gasteiger partial charge in [-0.05, 0) is 64.5 Å². The molecule has 0 aromatic heterocycles. The van der Waals surface area contributed by atoms with E-state index < -0.39 is 10.8 Å². The molecule has 0 radical (unpaired) electrons. The summed E-state index contributed by atoms with van der Waals surface area (Å²) in [5.41, 5.74) is 1.92. The first-order chi connectivity index (χ1) is 18.9. The van der Waals surface area contributed by atoms with Crippen LogP contribution in [-0.4, -0.2) is 71.1 Å². The number of nitrogens with zero attached hydrogens (tertiary/aromatic N) is 2. The van der Waals surface area contributed by atoms with Crippen molar-refractivity contribution < 1.29 is 19.2 Å². The highest BCUT2D eigenvalue weighted by Crippen LogP contribution is 2.29. The first kappa shape index (κ1) is 31.8. The minimum absolute atomic E-state index is 0.0184. The molecule has 4 rings (SSSR count). The minimum Gasteiger partial charge on any atom is -0.342 e. The second kappa shape index (κ2) is 13.8. The molecule has 2 fully saturated rings. The number of amides is 2. The van der Waals surface area contributed by atoms with Crippen molar-refractivity contribution in [3.63, 3.8) is 0 Å². The average Bonchev–Trinajstić information content (AvgIpc) is 3.71. The molecule has 8 heteroatoms. The van der Waals surface area contributed by atoms with Gasteiger partial charge in [0.1, 0.15) is 0 Å². The second-order valence-electron chi connectivity index (χ2n) is 11.5. The summed E-state index contributed by atoms with van der Waals surface area (Å²) in [6.45, 7) is 11.2. The molecule has 2 amide bonds. The summed E-state index contributed by atoms with van der Waals surface area (Å²) >= 11 is 11.1. The number of ketones is 2. The minimum atomic E-state index is -0.563. The van der Waals surface area contributed by atoms with Crippen molar-refractivity contribution in [2.45, 2.75) is 64.2 Å². The Morgan fingerprint density at radius 1 is 0.575 bits per heavy atom. The lowest BCUT2D eigenvalue weighted by atomic mass is 9.82. The average molecular weight is 588 g/mol. The van der Waals surface area contributed by atoms with Gasteiger partial charge in [0.2, 0.25) is 11.8 Å². The van der Waals surface area contributed by atoms with E-state index in [1.165, 1.54) is 0 Å². The molecule has 216 valence electrons. The number of alkyl halides is 2. The summed E-state index contributed by atoms with van der Waals surface area (Å²) in [4.78, 5) is 52.0. The van der Waals surface area contributed by atoms with Crippen LogP contribution in [-0.2, 0) is 20.4 Å². The number of carbonyl (C=O) groups excluding carboxylic acids is 4. The largest absolute Gasteiger partial charge is 0.342 e. The number of hydrogen-bond donors (Lipinski definition) is 0. The van der Waals surface area contributed by atoms with E-state index >= 15 is 0 Å². The van der Waals surface area contributed by atoms with Gasteiger partial charge in [0, 0.05) is 37.3 Å². The standard InChI is InChI=1S/2C16H20ClNO2/c2*1-16(2,15(20)18-9-3-4-10-18)13-7-5-12(6-8-13)14(19)11-17/h2*5-8H,3-4,9-11H2,1-2H3. The van der Waals surface area contributed by atoms with Crippen molar-refractivity contribution in [1.82, 2.24) is 9.80 Å². The summed E-state index contributed by atoms with van der Waals surface area (Å²) in [6, 6.07) is 14.4. The maximum atomic E-state index is 12.6. The molecule has 2 aliphatic heterocycles. The van der Waals surface area contributed by atoms with Gasteiger partial charge in [0.25, 0.3) is 0 Å². The Morgan fingerprint density at radius 2 is 0.850 bits per heavy atom. The van der Waals surface area contributed by atoms with E-state index in [1.54, 1.807) is 24.3 Å². The third-order valence-corrected chi connectivity index (χ3v) is 8.44. The van der Waals surface area contributed by atoms with Crippen molar-refractivity contribution in [3.05, 3.63) is 70.8 Å². The zero-order valence-electron chi connectivity index (χ0n) is 24.0. The second-order valence-corrected chi connectivity index (χ2v) is 12.1. The molecule has 2 aromatic rings. The molecule has 0 spiro atoms. The maximum Gasteiger partial charge on any atom is 0.232 e. The van der Waals surface area contributed by atoms with Crippen LogP contribution in [0.2, 0.25) is 0 Å². The van der Waals surface area contributed by atoms with Gasteiger partial charge in [-0.1, -0.05) is 48.5 Å². The molecular weight excluding hydrogens is 547 g/mol. The summed E-state index contributed by atoms with van der Waals surface area (Å²) in [6.07, 6.45) is 4.35. The molecule has 40 heavy (non-hydrogen) atoms.